The smallest absolute Gasteiger partial charge is 0.230 e. The summed E-state index contributed by atoms with van der Waals surface area (Å²) < 4.78 is 10.2. The van der Waals surface area contributed by atoms with Crippen molar-refractivity contribution in [2.24, 2.45) is 0 Å². The van der Waals surface area contributed by atoms with Crippen LogP contribution in [0.3, 0.4) is 0 Å². The van der Waals surface area contributed by atoms with E-state index in [0.29, 0.717) is 41.0 Å². The van der Waals surface area contributed by atoms with Crippen molar-refractivity contribution in [3.8, 4) is 11.6 Å². The van der Waals surface area contributed by atoms with E-state index in [1.165, 1.54) is 24.9 Å². The van der Waals surface area contributed by atoms with E-state index in [-0.39, 0.29) is 17.4 Å². The van der Waals surface area contributed by atoms with Gasteiger partial charge in [0.15, 0.2) is 17.4 Å². The number of hydrogen-bond acceptors (Lipinski definition) is 7. The maximum absolute atomic E-state index is 11.9. The van der Waals surface area contributed by atoms with Crippen LogP contribution in [-0.2, 0) is 9.53 Å². The molecule has 8 heteroatoms. The third kappa shape index (κ3) is 4.65. The highest BCUT2D eigenvalue weighted by atomic mass is 32.2. The van der Waals surface area contributed by atoms with E-state index < -0.39 is 0 Å². The Morgan fingerprint density at radius 1 is 1.38 bits per heavy atom. The molecule has 0 fully saturated rings. The first-order valence-corrected chi connectivity index (χ1v) is 8.33. The van der Waals surface area contributed by atoms with Crippen molar-refractivity contribution in [3.05, 3.63) is 29.7 Å². The molecule has 7 nitrogen and oxygen atoms in total. The Kier molecular flexibility index (Phi) is 6.51. The molecule has 0 unspecified atom stereocenters. The quantitative estimate of drug-likeness (QED) is 0.337. The largest absolute Gasteiger partial charge is 0.461 e. The second-order valence-electron chi connectivity index (χ2n) is 4.98. The van der Waals surface area contributed by atoms with Crippen molar-refractivity contribution in [2.75, 3.05) is 26.0 Å². The number of ketones is 1. The van der Waals surface area contributed by atoms with Gasteiger partial charge in [-0.15, -0.1) is 0 Å². The van der Waals surface area contributed by atoms with Gasteiger partial charge in [-0.3, -0.25) is 9.59 Å². The molecule has 2 aromatic heterocycles. The van der Waals surface area contributed by atoms with Crippen molar-refractivity contribution in [2.45, 2.75) is 18.9 Å². The number of aromatic nitrogens is 2. The molecule has 0 saturated heterocycles. The number of thioether (sulfide) groups is 1. The zero-order chi connectivity index (χ0) is 17.5. The summed E-state index contributed by atoms with van der Waals surface area (Å²) in [7, 11) is 1.57. The Bertz CT molecular complexity index is 716. The van der Waals surface area contributed by atoms with Crippen LogP contribution in [0.5, 0.6) is 0 Å². The van der Waals surface area contributed by atoms with Crippen LogP contribution in [0.25, 0.3) is 11.6 Å². The van der Waals surface area contributed by atoms with Crippen molar-refractivity contribution in [1.29, 1.82) is 0 Å². The summed E-state index contributed by atoms with van der Waals surface area (Å²) >= 11 is 1.20. The van der Waals surface area contributed by atoms with Gasteiger partial charge in [0, 0.05) is 13.7 Å². The first-order valence-electron chi connectivity index (χ1n) is 7.34. The minimum absolute atomic E-state index is 0.138. The third-order valence-corrected chi connectivity index (χ3v) is 4.09. The van der Waals surface area contributed by atoms with Crippen LogP contribution in [0.4, 0.5) is 0 Å². The van der Waals surface area contributed by atoms with Gasteiger partial charge >= 0.3 is 0 Å². The minimum atomic E-state index is -0.151. The van der Waals surface area contributed by atoms with E-state index in [4.69, 9.17) is 9.15 Å². The molecular weight excluding hydrogens is 330 g/mol. The topological polar surface area (TPSA) is 94.3 Å². The standard InChI is InChI=1S/C16H19N3O4S/c1-10-14(11(2)20)16(24-9-13(21)17-6-8-22-3)19-15(18-10)12-5-4-7-23-12/h4-5,7H,6,8-9H2,1-3H3,(H,17,21). The van der Waals surface area contributed by atoms with Crippen molar-refractivity contribution in [1.82, 2.24) is 15.3 Å². The molecule has 24 heavy (non-hydrogen) atoms. The maximum atomic E-state index is 11.9. The highest BCUT2D eigenvalue weighted by Crippen LogP contribution is 2.26. The lowest BCUT2D eigenvalue weighted by Gasteiger charge is -2.10. The summed E-state index contributed by atoms with van der Waals surface area (Å²) in [6, 6.07) is 3.48. The minimum Gasteiger partial charge on any atom is -0.461 e. The van der Waals surface area contributed by atoms with Gasteiger partial charge in [-0.2, -0.15) is 0 Å². The van der Waals surface area contributed by atoms with Crippen LogP contribution in [0.1, 0.15) is 23.0 Å². The highest BCUT2D eigenvalue weighted by molar-refractivity contribution is 8.00. The molecular formula is C16H19N3O4S. The van der Waals surface area contributed by atoms with Gasteiger partial charge in [0.05, 0.1) is 29.9 Å². The number of amides is 1. The Hall–Kier alpha value is -2.19. The number of nitrogens with zero attached hydrogens (tertiary/aromatic N) is 2. The molecule has 0 aromatic carbocycles. The summed E-state index contributed by atoms with van der Waals surface area (Å²) in [5.41, 5.74) is 0.992. The Morgan fingerprint density at radius 2 is 2.17 bits per heavy atom. The molecule has 0 spiro atoms. The molecule has 1 N–H and O–H groups in total. The summed E-state index contributed by atoms with van der Waals surface area (Å²) in [5.74, 6) is 0.769. The molecule has 0 saturated carbocycles. The van der Waals surface area contributed by atoms with Crippen LogP contribution in [0, 0.1) is 6.92 Å². The Morgan fingerprint density at radius 3 is 2.79 bits per heavy atom. The van der Waals surface area contributed by atoms with Crippen LogP contribution in [0.2, 0.25) is 0 Å². The number of ether oxygens (including phenoxy) is 1. The maximum Gasteiger partial charge on any atom is 0.230 e. The number of furan rings is 1. The first kappa shape index (κ1) is 18.2. The highest BCUT2D eigenvalue weighted by Gasteiger charge is 2.18. The summed E-state index contributed by atoms with van der Waals surface area (Å²) in [6.07, 6.45) is 1.53. The summed E-state index contributed by atoms with van der Waals surface area (Å²) in [6.45, 7) is 4.09. The number of rotatable bonds is 8. The zero-order valence-corrected chi connectivity index (χ0v) is 14.6. The van der Waals surface area contributed by atoms with Crippen LogP contribution in [0.15, 0.2) is 27.8 Å². The molecule has 2 heterocycles. The number of nitrogens with one attached hydrogen (secondary N) is 1. The average Bonchev–Trinajstić information content (AvgIpc) is 3.06. The van der Waals surface area contributed by atoms with Crippen molar-refractivity contribution >= 4 is 23.5 Å². The van der Waals surface area contributed by atoms with Gasteiger partial charge in [-0.25, -0.2) is 9.97 Å². The molecule has 0 aliphatic rings. The first-order chi connectivity index (χ1) is 11.5. The molecule has 2 aromatic rings. The zero-order valence-electron chi connectivity index (χ0n) is 13.8. The molecule has 0 atom stereocenters. The fraction of sp³-hybridized carbons (Fsp3) is 0.375. The molecule has 1 amide bonds. The van der Waals surface area contributed by atoms with Gasteiger partial charge in [-0.05, 0) is 26.0 Å². The monoisotopic (exact) mass is 349 g/mol. The van der Waals surface area contributed by atoms with Gasteiger partial charge < -0.3 is 14.5 Å². The number of Topliss-reactive ketones (excluding diaryl/α,β-unsaturated/α-hetero) is 1. The third-order valence-electron chi connectivity index (χ3n) is 3.12. The molecule has 0 aliphatic heterocycles. The van der Waals surface area contributed by atoms with Gasteiger partial charge in [0.2, 0.25) is 5.91 Å². The second-order valence-corrected chi connectivity index (χ2v) is 5.94. The number of hydrogen-bond donors (Lipinski definition) is 1. The van der Waals surface area contributed by atoms with Gasteiger partial charge in [-0.1, -0.05) is 11.8 Å². The van der Waals surface area contributed by atoms with Crippen LogP contribution in [-0.4, -0.2) is 47.7 Å². The molecule has 2 rings (SSSR count). The number of carbonyl (C=O) groups excluding carboxylic acids is 2. The number of aryl methyl sites for hydroxylation is 1. The predicted octanol–water partition coefficient (Wildman–Crippen LogP) is 2.10. The molecule has 0 radical (unpaired) electrons. The second kappa shape index (κ2) is 8.60. The fourth-order valence-electron chi connectivity index (χ4n) is 2.05. The average molecular weight is 349 g/mol. The lowest BCUT2D eigenvalue weighted by atomic mass is 10.2. The SMILES string of the molecule is COCCNC(=O)CSc1nc(-c2ccco2)nc(C)c1C(C)=O. The Labute approximate surface area is 144 Å². The lowest BCUT2D eigenvalue weighted by molar-refractivity contribution is -0.118. The van der Waals surface area contributed by atoms with Gasteiger partial charge in [0.25, 0.3) is 0 Å². The summed E-state index contributed by atoms with van der Waals surface area (Å²) in [5, 5.41) is 3.20. The van der Waals surface area contributed by atoms with E-state index in [1.54, 1.807) is 26.2 Å². The molecule has 128 valence electrons. The van der Waals surface area contributed by atoms with E-state index >= 15 is 0 Å². The van der Waals surface area contributed by atoms with Crippen molar-refractivity contribution in [3.63, 3.8) is 0 Å². The number of methoxy groups -OCH3 is 1. The lowest BCUT2D eigenvalue weighted by Crippen LogP contribution is -2.28. The number of carbonyl (C=O) groups is 2. The van der Waals surface area contributed by atoms with E-state index in [2.05, 4.69) is 15.3 Å². The normalized spacial score (nSPS) is 10.6. The van der Waals surface area contributed by atoms with Crippen LogP contribution >= 0.6 is 11.8 Å². The van der Waals surface area contributed by atoms with Gasteiger partial charge in [0.1, 0.15) is 5.03 Å². The van der Waals surface area contributed by atoms with E-state index in [0.717, 1.165) is 0 Å². The fourth-order valence-corrected chi connectivity index (χ4v) is 3.01. The molecule has 0 bridgehead atoms. The van der Waals surface area contributed by atoms with E-state index in [9.17, 15) is 9.59 Å². The Balaban J connectivity index is 2.20. The van der Waals surface area contributed by atoms with Crippen LogP contribution < -0.4 is 5.32 Å². The van der Waals surface area contributed by atoms with E-state index in [1.807, 2.05) is 0 Å². The summed E-state index contributed by atoms with van der Waals surface area (Å²) in [4.78, 5) is 32.5. The predicted molar refractivity (Wildman–Crippen MR) is 90.1 cm³/mol. The molecule has 0 aliphatic carbocycles. The van der Waals surface area contributed by atoms with Crippen molar-refractivity contribution < 1.29 is 18.7 Å².